The molecule has 0 saturated carbocycles. The van der Waals surface area contributed by atoms with Crippen LogP contribution in [0.1, 0.15) is 5.56 Å². The minimum Gasteiger partial charge on any atom is -0.353 e. The SMILES string of the molecule is N#C/C(=C/c1c(-c2ccc(Cl)s2)[nH]c2ccccc12)S(=O)(=O)c1ccc(Cl)cc1. The van der Waals surface area contributed by atoms with E-state index in [0.29, 0.717) is 20.6 Å². The van der Waals surface area contributed by atoms with Gasteiger partial charge >= 0.3 is 0 Å². The summed E-state index contributed by atoms with van der Waals surface area (Å²) in [5.41, 5.74) is 2.16. The molecule has 0 bridgehead atoms. The van der Waals surface area contributed by atoms with E-state index in [1.54, 1.807) is 6.07 Å². The summed E-state index contributed by atoms with van der Waals surface area (Å²) in [5, 5.41) is 10.9. The maximum atomic E-state index is 13.0. The van der Waals surface area contributed by atoms with Crippen molar-refractivity contribution >= 4 is 61.4 Å². The minimum atomic E-state index is -4.00. The van der Waals surface area contributed by atoms with E-state index >= 15 is 0 Å². The van der Waals surface area contributed by atoms with Gasteiger partial charge in [0.15, 0.2) is 0 Å². The van der Waals surface area contributed by atoms with Crippen LogP contribution in [0.4, 0.5) is 0 Å². The van der Waals surface area contributed by atoms with Crippen LogP contribution in [0, 0.1) is 11.3 Å². The molecule has 1 N–H and O–H groups in total. The van der Waals surface area contributed by atoms with Gasteiger partial charge in [-0.25, -0.2) is 8.42 Å². The van der Waals surface area contributed by atoms with Gasteiger partial charge in [-0.05, 0) is 48.5 Å². The molecular weight excluding hydrogens is 447 g/mol. The summed E-state index contributed by atoms with van der Waals surface area (Å²) >= 11 is 13.3. The second-order valence-corrected chi connectivity index (χ2v) is 10.2. The predicted octanol–water partition coefficient (Wildman–Crippen LogP) is 6.54. The van der Waals surface area contributed by atoms with E-state index in [9.17, 15) is 13.7 Å². The first kappa shape index (κ1) is 19.7. The van der Waals surface area contributed by atoms with E-state index in [0.717, 1.165) is 15.8 Å². The van der Waals surface area contributed by atoms with E-state index in [2.05, 4.69) is 4.98 Å². The Bertz CT molecular complexity index is 1390. The van der Waals surface area contributed by atoms with E-state index < -0.39 is 9.84 Å². The van der Waals surface area contributed by atoms with Crippen molar-refractivity contribution in [3.05, 3.63) is 80.5 Å². The van der Waals surface area contributed by atoms with E-state index in [4.69, 9.17) is 23.2 Å². The number of nitriles is 1. The molecule has 0 saturated heterocycles. The Balaban J connectivity index is 1.94. The van der Waals surface area contributed by atoms with Gasteiger partial charge in [0, 0.05) is 21.5 Å². The highest BCUT2D eigenvalue weighted by Gasteiger charge is 2.23. The van der Waals surface area contributed by atoms with Crippen LogP contribution < -0.4 is 0 Å². The molecule has 0 aliphatic carbocycles. The number of benzene rings is 2. The molecule has 144 valence electrons. The molecule has 29 heavy (non-hydrogen) atoms. The van der Waals surface area contributed by atoms with Gasteiger partial charge in [-0.15, -0.1) is 11.3 Å². The maximum Gasteiger partial charge on any atom is 0.216 e. The monoisotopic (exact) mass is 458 g/mol. The van der Waals surface area contributed by atoms with Gasteiger partial charge < -0.3 is 4.98 Å². The van der Waals surface area contributed by atoms with Crippen molar-refractivity contribution in [1.29, 1.82) is 5.26 Å². The van der Waals surface area contributed by atoms with Crippen LogP contribution in [0.25, 0.3) is 27.6 Å². The number of halogens is 2. The van der Waals surface area contributed by atoms with Crippen LogP contribution in [0.3, 0.4) is 0 Å². The lowest BCUT2D eigenvalue weighted by molar-refractivity contribution is 0.603. The summed E-state index contributed by atoms with van der Waals surface area (Å²) in [6.45, 7) is 0. The number of rotatable bonds is 4. The average Bonchev–Trinajstić information content (AvgIpc) is 3.29. The molecule has 0 amide bonds. The topological polar surface area (TPSA) is 73.7 Å². The largest absolute Gasteiger partial charge is 0.353 e. The number of nitrogens with one attached hydrogen (secondary N) is 1. The van der Waals surface area contributed by atoms with Crippen molar-refractivity contribution < 1.29 is 8.42 Å². The fourth-order valence-corrected chi connectivity index (χ4v) is 5.32. The Morgan fingerprint density at radius 2 is 1.76 bits per heavy atom. The molecule has 2 heterocycles. The smallest absolute Gasteiger partial charge is 0.216 e. The summed E-state index contributed by atoms with van der Waals surface area (Å²) < 4.78 is 26.7. The second kappa shape index (κ2) is 7.69. The molecule has 0 fully saturated rings. The molecule has 4 rings (SSSR count). The first-order chi connectivity index (χ1) is 13.9. The lowest BCUT2D eigenvalue weighted by atomic mass is 10.1. The summed E-state index contributed by atoms with van der Waals surface area (Å²) in [5.74, 6) is 0. The Hall–Kier alpha value is -2.56. The molecule has 4 nitrogen and oxygen atoms in total. The van der Waals surface area contributed by atoms with Gasteiger partial charge in [0.05, 0.1) is 19.8 Å². The third-order valence-corrected chi connectivity index (χ3v) is 7.55. The van der Waals surface area contributed by atoms with Crippen molar-refractivity contribution in [1.82, 2.24) is 4.98 Å². The summed E-state index contributed by atoms with van der Waals surface area (Å²) in [4.78, 5) is 3.81. The van der Waals surface area contributed by atoms with Gasteiger partial charge in [0.25, 0.3) is 0 Å². The van der Waals surface area contributed by atoms with Crippen molar-refractivity contribution in [3.8, 4) is 16.6 Å². The average molecular weight is 459 g/mol. The van der Waals surface area contributed by atoms with Gasteiger partial charge in [0.1, 0.15) is 11.0 Å². The number of aromatic nitrogens is 1. The molecule has 2 aromatic carbocycles. The molecule has 0 aliphatic rings. The fraction of sp³-hybridized carbons (Fsp3) is 0. The quantitative estimate of drug-likeness (QED) is 0.352. The van der Waals surface area contributed by atoms with Crippen LogP contribution in [0.15, 0.2) is 70.5 Å². The molecule has 8 heteroatoms. The van der Waals surface area contributed by atoms with Crippen molar-refractivity contribution in [2.24, 2.45) is 0 Å². The third-order valence-electron chi connectivity index (χ3n) is 4.36. The third kappa shape index (κ3) is 3.70. The Kier molecular flexibility index (Phi) is 5.24. The van der Waals surface area contributed by atoms with Crippen LogP contribution >= 0.6 is 34.5 Å². The van der Waals surface area contributed by atoms with Crippen molar-refractivity contribution in [2.75, 3.05) is 0 Å². The Morgan fingerprint density at radius 1 is 1.03 bits per heavy atom. The number of sulfone groups is 1. The first-order valence-electron chi connectivity index (χ1n) is 8.39. The molecule has 0 spiro atoms. The van der Waals surface area contributed by atoms with Gasteiger partial charge in [-0.2, -0.15) is 5.26 Å². The number of hydrogen-bond acceptors (Lipinski definition) is 4. The minimum absolute atomic E-state index is 0.00950. The van der Waals surface area contributed by atoms with Crippen molar-refractivity contribution in [3.63, 3.8) is 0 Å². The molecule has 0 atom stereocenters. The lowest BCUT2D eigenvalue weighted by Gasteiger charge is -2.04. The van der Waals surface area contributed by atoms with Crippen molar-refractivity contribution in [2.45, 2.75) is 4.90 Å². The van der Waals surface area contributed by atoms with Crippen LogP contribution in [0.5, 0.6) is 0 Å². The zero-order chi connectivity index (χ0) is 20.6. The fourth-order valence-electron chi connectivity index (χ4n) is 3.00. The normalized spacial score (nSPS) is 12.2. The van der Waals surface area contributed by atoms with E-state index in [1.807, 2.05) is 36.4 Å². The van der Waals surface area contributed by atoms with Gasteiger partial charge in [-0.1, -0.05) is 41.4 Å². The standard InChI is InChI=1S/C21H12Cl2N2O2S2/c22-13-5-7-14(8-6-13)29(26,27)15(12-24)11-17-16-3-1-2-4-18(16)25-21(17)19-9-10-20(23)28-19/h1-11,25H/b15-11-. The second-order valence-electron chi connectivity index (χ2n) is 6.14. The highest BCUT2D eigenvalue weighted by atomic mass is 35.5. The van der Waals surface area contributed by atoms with Gasteiger partial charge in [0.2, 0.25) is 9.84 Å². The molecule has 0 unspecified atom stereocenters. The zero-order valence-electron chi connectivity index (χ0n) is 14.7. The molecule has 0 radical (unpaired) electrons. The van der Waals surface area contributed by atoms with Crippen LogP contribution in [0.2, 0.25) is 9.36 Å². The number of H-pyrrole nitrogens is 1. The number of hydrogen-bond donors (Lipinski definition) is 1. The Morgan fingerprint density at radius 3 is 2.41 bits per heavy atom. The highest BCUT2D eigenvalue weighted by Crippen LogP contribution is 2.38. The van der Waals surface area contributed by atoms with Crippen LogP contribution in [-0.2, 0) is 9.84 Å². The number of aromatic amines is 1. The first-order valence-corrected chi connectivity index (χ1v) is 11.4. The zero-order valence-corrected chi connectivity index (χ0v) is 17.8. The molecule has 4 aromatic rings. The molecule has 2 aromatic heterocycles. The summed E-state index contributed by atoms with van der Waals surface area (Å²) in [7, 11) is -4.00. The van der Waals surface area contributed by atoms with E-state index in [-0.39, 0.29) is 9.80 Å². The number of allylic oxidation sites excluding steroid dienone is 1. The summed E-state index contributed by atoms with van der Waals surface area (Å²) in [6.07, 6.45) is 1.41. The molecular formula is C21H12Cl2N2O2S2. The number of nitrogens with zero attached hydrogens (tertiary/aromatic N) is 1. The van der Waals surface area contributed by atoms with E-state index in [1.165, 1.54) is 41.7 Å². The maximum absolute atomic E-state index is 13.0. The van der Waals surface area contributed by atoms with Gasteiger partial charge in [-0.3, -0.25) is 0 Å². The lowest BCUT2D eigenvalue weighted by Crippen LogP contribution is -2.03. The molecule has 0 aliphatic heterocycles. The number of para-hydroxylation sites is 1. The predicted molar refractivity (Wildman–Crippen MR) is 119 cm³/mol. The highest BCUT2D eigenvalue weighted by molar-refractivity contribution is 7.95. The number of fused-ring (bicyclic) bond motifs is 1. The Labute approximate surface area is 181 Å². The van der Waals surface area contributed by atoms with Crippen LogP contribution in [-0.4, -0.2) is 13.4 Å². The number of thiophene rings is 1. The summed E-state index contributed by atoms with van der Waals surface area (Å²) in [6, 6.07) is 18.7.